The summed E-state index contributed by atoms with van der Waals surface area (Å²) >= 11 is 0. The van der Waals surface area contributed by atoms with Crippen molar-refractivity contribution in [2.45, 2.75) is 44.3 Å². The van der Waals surface area contributed by atoms with Crippen LogP contribution in [0.25, 0.3) is 0 Å². The normalized spacial score (nSPS) is 24.5. The monoisotopic (exact) mass is 516 g/mol. The molecule has 2 saturated heterocycles. The molecule has 0 bridgehead atoms. The van der Waals surface area contributed by atoms with Gasteiger partial charge >= 0.3 is 0 Å². The zero-order chi connectivity index (χ0) is 26.2. The maximum Gasteiger partial charge on any atom is 0.260 e. The molecule has 6 rings (SSSR count). The van der Waals surface area contributed by atoms with E-state index in [1.54, 1.807) is 35.1 Å². The van der Waals surface area contributed by atoms with Crippen LogP contribution < -0.4 is 4.90 Å². The molecule has 0 radical (unpaired) electrons. The van der Waals surface area contributed by atoms with Crippen LogP contribution in [0.2, 0.25) is 0 Å². The van der Waals surface area contributed by atoms with Crippen LogP contribution in [0.5, 0.6) is 0 Å². The SMILES string of the molecule is COCCN(C[C@@H]1CCCN2CCCC[C@H]12)C(=O)CN1C(=O)c2ccccc2N2C(=O)c3ccccc3C12. The number of hydrogen-bond donors (Lipinski definition) is 0. The van der Waals surface area contributed by atoms with Gasteiger partial charge in [-0.3, -0.25) is 19.3 Å². The molecule has 0 aromatic heterocycles. The van der Waals surface area contributed by atoms with Gasteiger partial charge in [-0.2, -0.15) is 0 Å². The largest absolute Gasteiger partial charge is 0.383 e. The average Bonchev–Trinajstić information content (AvgIpc) is 3.25. The number of carbonyl (C=O) groups is 3. The quantitative estimate of drug-likeness (QED) is 0.563. The van der Waals surface area contributed by atoms with E-state index in [4.69, 9.17) is 4.74 Å². The molecule has 2 aromatic rings. The van der Waals surface area contributed by atoms with Gasteiger partial charge in [-0.1, -0.05) is 36.8 Å². The summed E-state index contributed by atoms with van der Waals surface area (Å²) < 4.78 is 5.37. The topological polar surface area (TPSA) is 73.4 Å². The first-order valence-electron chi connectivity index (χ1n) is 13.9. The van der Waals surface area contributed by atoms with E-state index in [0.29, 0.717) is 48.5 Å². The lowest BCUT2D eigenvalue weighted by atomic mass is 9.83. The highest BCUT2D eigenvalue weighted by molar-refractivity contribution is 6.17. The van der Waals surface area contributed by atoms with Crippen LogP contribution in [0.1, 0.15) is 64.5 Å². The van der Waals surface area contributed by atoms with Gasteiger partial charge < -0.3 is 19.4 Å². The van der Waals surface area contributed by atoms with Gasteiger partial charge in [0.2, 0.25) is 5.91 Å². The van der Waals surface area contributed by atoms with Gasteiger partial charge in [-0.15, -0.1) is 0 Å². The molecule has 3 atom stereocenters. The third-order valence-corrected chi connectivity index (χ3v) is 8.79. The zero-order valence-electron chi connectivity index (χ0n) is 22.1. The van der Waals surface area contributed by atoms with Crippen LogP contribution in [0, 0.1) is 5.92 Å². The minimum absolute atomic E-state index is 0.0826. The Morgan fingerprint density at radius 1 is 0.947 bits per heavy atom. The number of anilines is 1. The van der Waals surface area contributed by atoms with E-state index in [-0.39, 0.29) is 24.3 Å². The summed E-state index contributed by atoms with van der Waals surface area (Å²) in [6.45, 7) is 3.83. The maximum atomic E-state index is 14.0. The standard InChI is InChI=1S/C30H36N4O4/c1-38-18-17-32(19-21-9-8-16-31-15-7-6-13-25(21)31)27(35)20-33-28-22-10-2-3-11-23(22)30(37)34(28)26-14-5-4-12-24(26)29(33)36/h2-5,10-12,14,21,25,28H,6-9,13,15-20H2,1H3/t21-,25+,28?/m0/s1. The fourth-order valence-corrected chi connectivity index (χ4v) is 6.97. The van der Waals surface area contributed by atoms with Crippen LogP contribution >= 0.6 is 0 Å². The number of amides is 3. The number of para-hydroxylation sites is 1. The Bertz CT molecular complexity index is 1230. The summed E-state index contributed by atoms with van der Waals surface area (Å²) in [6, 6.07) is 15.1. The van der Waals surface area contributed by atoms with Crippen molar-refractivity contribution in [3.63, 3.8) is 0 Å². The van der Waals surface area contributed by atoms with Gasteiger partial charge in [0.25, 0.3) is 11.8 Å². The van der Waals surface area contributed by atoms with Crippen molar-refractivity contribution in [1.29, 1.82) is 0 Å². The van der Waals surface area contributed by atoms with Gasteiger partial charge in [-0.25, -0.2) is 0 Å². The molecule has 200 valence electrons. The number of fused-ring (bicyclic) bond motifs is 6. The Morgan fingerprint density at radius 2 is 1.71 bits per heavy atom. The van der Waals surface area contributed by atoms with Crippen molar-refractivity contribution < 1.29 is 19.1 Å². The highest BCUT2D eigenvalue weighted by atomic mass is 16.5. The van der Waals surface area contributed by atoms with Gasteiger partial charge in [0.05, 0.1) is 17.9 Å². The van der Waals surface area contributed by atoms with Crippen LogP contribution in [-0.4, -0.2) is 84.9 Å². The fourth-order valence-electron chi connectivity index (χ4n) is 6.97. The van der Waals surface area contributed by atoms with Crippen LogP contribution in [0.4, 0.5) is 5.69 Å². The van der Waals surface area contributed by atoms with E-state index in [9.17, 15) is 14.4 Å². The van der Waals surface area contributed by atoms with Crippen molar-refractivity contribution in [1.82, 2.24) is 14.7 Å². The first kappa shape index (κ1) is 25.1. The number of piperidine rings is 2. The lowest BCUT2D eigenvalue weighted by Gasteiger charge is -2.46. The molecule has 3 amide bonds. The van der Waals surface area contributed by atoms with E-state index in [2.05, 4.69) is 4.90 Å². The predicted molar refractivity (Wildman–Crippen MR) is 144 cm³/mol. The number of nitrogens with zero attached hydrogens (tertiary/aromatic N) is 4. The summed E-state index contributed by atoms with van der Waals surface area (Å²) in [5, 5.41) is 0. The molecule has 4 heterocycles. The molecule has 0 spiro atoms. The molecule has 1 unspecified atom stereocenters. The first-order valence-corrected chi connectivity index (χ1v) is 13.9. The zero-order valence-corrected chi connectivity index (χ0v) is 22.1. The molecule has 38 heavy (non-hydrogen) atoms. The number of carbonyl (C=O) groups excluding carboxylic acids is 3. The Kier molecular flexibility index (Phi) is 6.93. The summed E-state index contributed by atoms with van der Waals surface area (Å²) in [5.74, 6) is -0.0335. The van der Waals surface area contributed by atoms with Crippen molar-refractivity contribution >= 4 is 23.4 Å². The van der Waals surface area contributed by atoms with E-state index < -0.39 is 6.17 Å². The van der Waals surface area contributed by atoms with Crippen molar-refractivity contribution in [3.05, 3.63) is 65.2 Å². The summed E-state index contributed by atoms with van der Waals surface area (Å²) in [7, 11) is 1.65. The number of methoxy groups -OCH3 is 1. The average molecular weight is 517 g/mol. The van der Waals surface area contributed by atoms with Gasteiger partial charge in [0.15, 0.2) is 0 Å². The number of hydrogen-bond acceptors (Lipinski definition) is 5. The molecule has 0 aliphatic carbocycles. The van der Waals surface area contributed by atoms with Crippen LogP contribution in [0.15, 0.2) is 48.5 Å². The highest BCUT2D eigenvalue weighted by Crippen LogP contribution is 2.45. The molecular weight excluding hydrogens is 480 g/mol. The van der Waals surface area contributed by atoms with Crippen LogP contribution in [0.3, 0.4) is 0 Å². The summed E-state index contributed by atoms with van der Waals surface area (Å²) in [6.07, 6.45) is 5.34. The number of rotatable bonds is 7. The molecule has 2 fully saturated rings. The highest BCUT2D eigenvalue weighted by Gasteiger charge is 2.48. The van der Waals surface area contributed by atoms with Crippen molar-refractivity contribution in [2.75, 3.05) is 51.3 Å². The molecule has 2 aromatic carbocycles. The van der Waals surface area contributed by atoms with E-state index >= 15 is 0 Å². The van der Waals surface area contributed by atoms with Gasteiger partial charge in [-0.05, 0) is 62.9 Å². The predicted octanol–water partition coefficient (Wildman–Crippen LogP) is 3.54. The fraction of sp³-hybridized carbons (Fsp3) is 0.500. The Balaban J connectivity index is 1.29. The minimum atomic E-state index is -0.627. The van der Waals surface area contributed by atoms with Crippen molar-refractivity contribution in [3.8, 4) is 0 Å². The van der Waals surface area contributed by atoms with Crippen LogP contribution in [-0.2, 0) is 9.53 Å². The van der Waals surface area contributed by atoms with E-state index in [0.717, 1.165) is 31.5 Å². The van der Waals surface area contributed by atoms with Gasteiger partial charge in [0, 0.05) is 37.4 Å². The second kappa shape index (κ2) is 10.5. The number of benzene rings is 2. The second-order valence-electron chi connectivity index (χ2n) is 10.9. The van der Waals surface area contributed by atoms with Crippen molar-refractivity contribution in [2.24, 2.45) is 5.92 Å². The first-order chi connectivity index (χ1) is 18.6. The second-order valence-corrected chi connectivity index (χ2v) is 10.9. The summed E-state index contributed by atoms with van der Waals surface area (Å²) in [5.41, 5.74) is 2.39. The Hall–Kier alpha value is -3.23. The molecule has 4 aliphatic heterocycles. The molecule has 0 saturated carbocycles. The van der Waals surface area contributed by atoms with E-state index in [1.807, 2.05) is 35.2 Å². The number of ether oxygens (including phenoxy) is 1. The van der Waals surface area contributed by atoms with E-state index in [1.165, 1.54) is 19.3 Å². The Labute approximate surface area is 224 Å². The lowest BCUT2D eigenvalue weighted by Crippen LogP contribution is -2.55. The molecule has 8 heteroatoms. The molecule has 8 nitrogen and oxygen atoms in total. The third kappa shape index (κ3) is 4.29. The lowest BCUT2D eigenvalue weighted by molar-refractivity contribution is -0.134. The van der Waals surface area contributed by atoms with Gasteiger partial charge in [0.1, 0.15) is 12.7 Å². The molecule has 4 aliphatic rings. The molecule has 0 N–H and O–H groups in total. The smallest absolute Gasteiger partial charge is 0.260 e. The maximum absolute atomic E-state index is 14.0. The third-order valence-electron chi connectivity index (χ3n) is 8.79. The minimum Gasteiger partial charge on any atom is -0.383 e. The molecular formula is C30H36N4O4. The summed E-state index contributed by atoms with van der Waals surface area (Å²) in [4.78, 5) is 49.0. The Morgan fingerprint density at radius 3 is 2.55 bits per heavy atom.